The fraction of sp³-hybridized carbons (Fsp3) is 0.714. The van der Waals surface area contributed by atoms with Crippen molar-refractivity contribution in [1.82, 2.24) is 10.6 Å². The number of nitrogens with two attached hydrogens (primary N) is 1. The molecule has 0 aromatic carbocycles. The summed E-state index contributed by atoms with van der Waals surface area (Å²) in [7, 11) is 0. The molecule has 0 aliphatic carbocycles. The zero-order chi connectivity index (χ0) is 10.3. The highest BCUT2D eigenvalue weighted by Crippen LogP contribution is 1.96. The van der Waals surface area contributed by atoms with Crippen molar-refractivity contribution < 1.29 is 9.59 Å². The van der Waals surface area contributed by atoms with Crippen molar-refractivity contribution in [1.29, 1.82) is 0 Å². The number of urea groups is 1. The molecule has 0 radical (unpaired) electrons. The summed E-state index contributed by atoms with van der Waals surface area (Å²) in [6.07, 6.45) is 0. The molecule has 3 amide bonds. The van der Waals surface area contributed by atoms with Gasteiger partial charge in [-0.1, -0.05) is 6.92 Å². The third-order valence-electron chi connectivity index (χ3n) is 1.40. The molecule has 0 saturated carbocycles. The van der Waals surface area contributed by atoms with Gasteiger partial charge in [-0.25, -0.2) is 4.79 Å². The number of nitrogens with one attached hydrogen (secondary N) is 2. The quantitative estimate of drug-likeness (QED) is 0.425. The summed E-state index contributed by atoms with van der Waals surface area (Å²) in [5.41, 5.74) is 4.81. The van der Waals surface area contributed by atoms with Crippen LogP contribution in [0.1, 0.15) is 6.92 Å². The summed E-state index contributed by atoms with van der Waals surface area (Å²) in [6, 6.07) is -0.598. The first-order valence-electron chi connectivity index (χ1n) is 3.95. The second-order valence-corrected chi connectivity index (χ2v) is 2.95. The van der Waals surface area contributed by atoms with E-state index in [1.807, 2.05) is 0 Å². The van der Waals surface area contributed by atoms with Crippen LogP contribution in [0.2, 0.25) is 0 Å². The zero-order valence-electron chi connectivity index (χ0n) is 7.47. The van der Waals surface area contributed by atoms with Crippen LogP contribution < -0.4 is 16.4 Å². The number of primary amides is 1. The Labute approximate surface area is 82.0 Å². The van der Waals surface area contributed by atoms with Crippen molar-refractivity contribution in [2.75, 3.05) is 19.0 Å². The summed E-state index contributed by atoms with van der Waals surface area (Å²) < 4.78 is 0. The van der Waals surface area contributed by atoms with E-state index in [1.165, 1.54) is 0 Å². The molecule has 0 bridgehead atoms. The highest BCUT2D eigenvalue weighted by molar-refractivity contribution is 6.19. The molecule has 5 nitrogen and oxygen atoms in total. The Morgan fingerprint density at radius 3 is 2.38 bits per heavy atom. The maximum atomic E-state index is 11.1. The molecule has 0 fully saturated rings. The van der Waals surface area contributed by atoms with Crippen LogP contribution in [0.25, 0.3) is 0 Å². The maximum Gasteiger partial charge on any atom is 0.312 e. The predicted molar refractivity (Wildman–Crippen MR) is 50.5 cm³/mol. The van der Waals surface area contributed by atoms with E-state index in [0.29, 0.717) is 13.1 Å². The number of alkyl halides is 1. The minimum Gasteiger partial charge on any atom is -0.354 e. The zero-order valence-corrected chi connectivity index (χ0v) is 8.23. The molecule has 0 aliphatic heterocycles. The van der Waals surface area contributed by atoms with Crippen molar-refractivity contribution in [3.05, 3.63) is 0 Å². The lowest BCUT2D eigenvalue weighted by Gasteiger charge is -2.08. The number of amides is 3. The molecule has 6 heteroatoms. The van der Waals surface area contributed by atoms with E-state index in [2.05, 4.69) is 10.6 Å². The van der Waals surface area contributed by atoms with Gasteiger partial charge >= 0.3 is 6.03 Å². The van der Waals surface area contributed by atoms with Crippen LogP contribution in [0, 0.1) is 5.92 Å². The van der Waals surface area contributed by atoms with Crippen LogP contribution in [-0.4, -0.2) is 30.9 Å². The molecule has 0 saturated heterocycles. The van der Waals surface area contributed by atoms with Crippen molar-refractivity contribution in [2.45, 2.75) is 6.92 Å². The third-order valence-corrected chi connectivity index (χ3v) is 1.87. The molecule has 0 aromatic rings. The average Bonchev–Trinajstić information content (AvgIpc) is 2.10. The van der Waals surface area contributed by atoms with Gasteiger partial charge in [0.15, 0.2) is 0 Å². The van der Waals surface area contributed by atoms with Crippen LogP contribution in [0.3, 0.4) is 0 Å². The van der Waals surface area contributed by atoms with Gasteiger partial charge in [0.25, 0.3) is 0 Å². The van der Waals surface area contributed by atoms with Crippen LogP contribution >= 0.6 is 11.6 Å². The molecule has 0 rings (SSSR count). The first-order valence-corrected chi connectivity index (χ1v) is 4.48. The Kier molecular flexibility index (Phi) is 6.05. The summed E-state index contributed by atoms with van der Waals surface area (Å²) in [6.45, 7) is 2.42. The lowest BCUT2D eigenvalue weighted by Crippen LogP contribution is -2.39. The SMILES string of the molecule is CC(CCl)C(=O)NCCNC(N)=O. The number of hydrogen-bond acceptors (Lipinski definition) is 2. The van der Waals surface area contributed by atoms with Gasteiger partial charge in [-0.2, -0.15) is 0 Å². The van der Waals surface area contributed by atoms with Gasteiger partial charge in [0, 0.05) is 24.9 Å². The monoisotopic (exact) mass is 207 g/mol. The van der Waals surface area contributed by atoms with E-state index in [4.69, 9.17) is 17.3 Å². The van der Waals surface area contributed by atoms with Gasteiger partial charge in [-0.15, -0.1) is 11.6 Å². The predicted octanol–water partition coefficient (Wildman–Crippen LogP) is -0.354. The van der Waals surface area contributed by atoms with E-state index in [0.717, 1.165) is 0 Å². The van der Waals surface area contributed by atoms with E-state index >= 15 is 0 Å². The molecule has 4 N–H and O–H groups in total. The number of hydrogen-bond donors (Lipinski definition) is 3. The number of carbonyl (C=O) groups excluding carboxylic acids is 2. The van der Waals surface area contributed by atoms with Crippen LogP contribution in [0.15, 0.2) is 0 Å². The Morgan fingerprint density at radius 1 is 1.38 bits per heavy atom. The molecular weight excluding hydrogens is 194 g/mol. The van der Waals surface area contributed by atoms with Crippen LogP contribution in [0.5, 0.6) is 0 Å². The molecular formula is C7H14ClN3O2. The van der Waals surface area contributed by atoms with E-state index in [1.54, 1.807) is 6.92 Å². The average molecular weight is 208 g/mol. The molecule has 1 unspecified atom stereocenters. The Bertz CT molecular complexity index is 187. The van der Waals surface area contributed by atoms with Gasteiger partial charge in [0.1, 0.15) is 0 Å². The lowest BCUT2D eigenvalue weighted by molar-refractivity contribution is -0.123. The lowest BCUT2D eigenvalue weighted by atomic mass is 10.2. The molecule has 0 aliphatic rings. The fourth-order valence-corrected chi connectivity index (χ4v) is 0.756. The summed E-state index contributed by atoms with van der Waals surface area (Å²) in [5, 5.41) is 4.94. The normalized spacial score (nSPS) is 11.8. The molecule has 1 atom stereocenters. The number of rotatable bonds is 5. The number of halogens is 1. The Morgan fingerprint density at radius 2 is 1.92 bits per heavy atom. The summed E-state index contributed by atoms with van der Waals surface area (Å²) in [5.74, 6) is -0.0498. The Hall–Kier alpha value is -0.970. The summed E-state index contributed by atoms with van der Waals surface area (Å²) in [4.78, 5) is 21.3. The molecule has 0 aromatic heterocycles. The van der Waals surface area contributed by atoms with Gasteiger partial charge < -0.3 is 16.4 Å². The van der Waals surface area contributed by atoms with Crippen molar-refractivity contribution in [3.8, 4) is 0 Å². The number of carbonyl (C=O) groups is 2. The molecule has 0 heterocycles. The largest absolute Gasteiger partial charge is 0.354 e. The minimum atomic E-state index is -0.598. The smallest absolute Gasteiger partial charge is 0.312 e. The first-order chi connectivity index (χ1) is 6.07. The van der Waals surface area contributed by atoms with Gasteiger partial charge in [-0.05, 0) is 0 Å². The second kappa shape index (κ2) is 6.54. The molecule has 13 heavy (non-hydrogen) atoms. The first kappa shape index (κ1) is 12.0. The molecule has 76 valence electrons. The van der Waals surface area contributed by atoms with Gasteiger partial charge in [0.2, 0.25) is 5.91 Å². The topological polar surface area (TPSA) is 84.2 Å². The summed E-state index contributed by atoms with van der Waals surface area (Å²) >= 11 is 5.46. The van der Waals surface area contributed by atoms with Crippen molar-refractivity contribution >= 4 is 23.5 Å². The highest BCUT2D eigenvalue weighted by atomic mass is 35.5. The standard InChI is InChI=1S/C7H14ClN3O2/c1-5(4-8)6(12)10-2-3-11-7(9)13/h5H,2-4H2,1H3,(H,10,12)(H3,9,11,13). The van der Waals surface area contributed by atoms with Gasteiger partial charge in [-0.3, -0.25) is 4.79 Å². The van der Waals surface area contributed by atoms with Crippen LogP contribution in [0.4, 0.5) is 4.79 Å². The third kappa shape index (κ3) is 6.21. The Balaban J connectivity index is 3.42. The van der Waals surface area contributed by atoms with E-state index in [9.17, 15) is 9.59 Å². The maximum absolute atomic E-state index is 11.1. The van der Waals surface area contributed by atoms with Crippen LogP contribution in [-0.2, 0) is 4.79 Å². The van der Waals surface area contributed by atoms with Crippen molar-refractivity contribution in [2.24, 2.45) is 11.7 Å². The van der Waals surface area contributed by atoms with Gasteiger partial charge in [0.05, 0.1) is 0 Å². The van der Waals surface area contributed by atoms with E-state index in [-0.39, 0.29) is 17.7 Å². The minimum absolute atomic E-state index is 0.124. The highest BCUT2D eigenvalue weighted by Gasteiger charge is 2.09. The van der Waals surface area contributed by atoms with Crippen molar-refractivity contribution in [3.63, 3.8) is 0 Å². The molecule has 0 spiro atoms. The van der Waals surface area contributed by atoms with E-state index < -0.39 is 6.03 Å². The second-order valence-electron chi connectivity index (χ2n) is 2.64. The fourth-order valence-electron chi connectivity index (χ4n) is 0.616.